The van der Waals surface area contributed by atoms with E-state index in [1.165, 1.54) is 0 Å². The van der Waals surface area contributed by atoms with Crippen LogP contribution in [0.4, 0.5) is 0 Å². The van der Waals surface area contributed by atoms with E-state index in [1.54, 1.807) is 0 Å². The highest BCUT2D eigenvalue weighted by atomic mass is 16.4. The van der Waals surface area contributed by atoms with Gasteiger partial charge in [-0.2, -0.15) is 0 Å². The lowest BCUT2D eigenvalue weighted by molar-refractivity contribution is -0.143. The maximum absolute atomic E-state index is 14.0. The van der Waals surface area contributed by atoms with E-state index in [0.29, 0.717) is 12.8 Å². The van der Waals surface area contributed by atoms with Crippen LogP contribution in [0.2, 0.25) is 0 Å². The summed E-state index contributed by atoms with van der Waals surface area (Å²) in [5.41, 5.74) is 11.1. The normalized spacial score (nSPS) is 17.5. The fraction of sp³-hybridized carbons (Fsp3) is 0.660. The first-order valence-electron chi connectivity index (χ1n) is 25.9. The average molecular weight is 1160 g/mol. The molecule has 0 unspecified atom stereocenters. The Bertz CT molecular complexity index is 2180. The highest BCUT2D eigenvalue weighted by Crippen LogP contribution is 2.14. The van der Waals surface area contributed by atoms with Gasteiger partial charge in [0.2, 0.25) is 59.1 Å². The van der Waals surface area contributed by atoms with E-state index in [9.17, 15) is 107 Å². The summed E-state index contributed by atoms with van der Waals surface area (Å²) in [7, 11) is 0. The molecule has 0 radical (unpaired) electrons. The van der Waals surface area contributed by atoms with Crippen LogP contribution in [0.5, 0.6) is 0 Å². The molecule has 10 amide bonds. The van der Waals surface area contributed by atoms with Gasteiger partial charge in [0.25, 0.3) is 0 Å². The van der Waals surface area contributed by atoms with Gasteiger partial charge in [0, 0.05) is 25.7 Å². The van der Waals surface area contributed by atoms with E-state index in [4.69, 9.17) is 11.5 Å². The molecule has 0 spiro atoms. The smallest absolute Gasteiger partial charge is 0.326 e. The number of carboxylic acid groups (broad SMARTS) is 6. The van der Waals surface area contributed by atoms with Crippen molar-refractivity contribution in [3.8, 4) is 0 Å². The number of aliphatic carboxylic acids is 6. The van der Waals surface area contributed by atoms with Gasteiger partial charge in [-0.15, -0.1) is 0 Å². The van der Waals surface area contributed by atoms with Gasteiger partial charge >= 0.3 is 35.8 Å². The van der Waals surface area contributed by atoms with E-state index in [1.807, 2.05) is 0 Å². The predicted octanol–water partition coefficient (Wildman–Crippen LogP) is -6.30. The molecule has 2 aliphatic rings. The standard InChI is InChI=1S/C47H72N12O22/c48-18-3-1-6-28(46(78)79)56-38(70)22(52-44(76)30(20-36(66)67)58-42(74)26(12-16-34(62)63)54-40(72)24-10-14-32(60)50-24)8-5-9-23(39(71)57-29(47(80)81)7-2-4-19-49)53-45(77)31(21-37(68)69)59-43(75)27(13-17-35(64)65)55-41(73)25-11-15-33(61)51-25/h22-31H,1-21,48-49H2,(H,50,60)(H,51,61)(H,52,76)(H,53,77)(H,54,72)(H,55,73)(H,56,70)(H,57,71)(H,58,74)(H,59,75)(H,62,63)(H,64,65)(H,66,67)(H,68,69)(H,78,79)(H,80,81)/t22-,23-,24-,25-,26-,27-,28-,29-,30-,31-/m0/s1. The number of carboxylic acids is 6. The second-order valence-electron chi connectivity index (χ2n) is 19.0. The monoisotopic (exact) mass is 1160 g/mol. The molecular weight excluding hydrogens is 1080 g/mol. The number of carbonyl (C=O) groups is 16. The minimum absolute atomic E-state index is 0.00524. The Balaban J connectivity index is 2.59. The van der Waals surface area contributed by atoms with Crippen LogP contribution < -0.4 is 64.6 Å². The summed E-state index contributed by atoms with van der Waals surface area (Å²) >= 11 is 0. The Labute approximate surface area is 461 Å². The molecular formula is C47H72N12O22. The summed E-state index contributed by atoms with van der Waals surface area (Å²) in [6.45, 7) is 0.272. The number of amides is 10. The van der Waals surface area contributed by atoms with Crippen LogP contribution >= 0.6 is 0 Å². The van der Waals surface area contributed by atoms with Crippen molar-refractivity contribution in [2.45, 2.75) is 182 Å². The van der Waals surface area contributed by atoms with Crippen LogP contribution in [-0.4, -0.2) is 199 Å². The number of hydrogen-bond acceptors (Lipinski definition) is 18. The lowest BCUT2D eigenvalue weighted by atomic mass is 10.0. The zero-order chi connectivity index (χ0) is 60.9. The van der Waals surface area contributed by atoms with Gasteiger partial charge in [-0.3, -0.25) is 67.1 Å². The van der Waals surface area contributed by atoms with Gasteiger partial charge in [0.05, 0.1) is 12.8 Å². The molecule has 452 valence electrons. The van der Waals surface area contributed by atoms with Gasteiger partial charge in [-0.25, -0.2) is 9.59 Å². The number of nitrogens with two attached hydrogens (primary N) is 2. The SMILES string of the molecule is NCCCC[C@H](NC(=O)[C@H](CCC[C@H](NC(=O)[C@H](CC(=O)O)NC(=O)[C@H](CCC(=O)O)NC(=O)[C@@H]1CCC(=O)N1)C(=O)N[C@@H](CCCCN)C(=O)O)NC(=O)[C@H](CC(=O)O)NC(=O)[C@H](CCC(=O)O)NC(=O)[C@@H]1CCC(=O)N1)C(=O)O. The quantitative estimate of drug-likeness (QED) is 0.0254. The number of rotatable bonds is 40. The van der Waals surface area contributed by atoms with Gasteiger partial charge in [0.15, 0.2) is 0 Å². The maximum Gasteiger partial charge on any atom is 0.326 e. The molecule has 20 N–H and O–H groups in total. The Morgan fingerprint density at radius 1 is 0.383 bits per heavy atom. The predicted molar refractivity (Wildman–Crippen MR) is 271 cm³/mol. The van der Waals surface area contributed by atoms with Crippen molar-refractivity contribution < 1.29 is 107 Å². The molecule has 0 saturated carbocycles. The van der Waals surface area contributed by atoms with Crippen LogP contribution in [0, 0.1) is 0 Å². The van der Waals surface area contributed by atoms with Crippen LogP contribution in [0.25, 0.3) is 0 Å². The average Bonchev–Trinajstić information content (AvgIpc) is 4.04. The number of carbonyl (C=O) groups excluding carboxylic acids is 10. The lowest BCUT2D eigenvalue weighted by Crippen LogP contribution is -2.59. The minimum atomic E-state index is -2.12. The first kappa shape index (κ1) is 68.5. The van der Waals surface area contributed by atoms with Crippen molar-refractivity contribution in [1.82, 2.24) is 53.2 Å². The summed E-state index contributed by atoms with van der Waals surface area (Å²) in [4.78, 5) is 204. The van der Waals surface area contributed by atoms with Crippen LogP contribution in [0.1, 0.15) is 122 Å². The summed E-state index contributed by atoms with van der Waals surface area (Å²) in [6, 6.07) is -17.1. The van der Waals surface area contributed by atoms with Crippen molar-refractivity contribution in [2.24, 2.45) is 11.5 Å². The zero-order valence-electron chi connectivity index (χ0n) is 44.0. The van der Waals surface area contributed by atoms with Gasteiger partial charge < -0.3 is 95.3 Å². The maximum atomic E-state index is 14.0. The fourth-order valence-corrected chi connectivity index (χ4v) is 8.21. The topological polar surface area (TPSA) is 567 Å². The molecule has 81 heavy (non-hydrogen) atoms. The number of unbranched alkanes of at least 4 members (excludes halogenated alkanes) is 2. The van der Waals surface area contributed by atoms with E-state index in [-0.39, 0.29) is 64.5 Å². The second-order valence-corrected chi connectivity index (χ2v) is 19.0. The highest BCUT2D eigenvalue weighted by Gasteiger charge is 2.38. The molecule has 2 rings (SSSR count). The van der Waals surface area contributed by atoms with E-state index >= 15 is 0 Å². The first-order chi connectivity index (χ1) is 38.1. The van der Waals surface area contributed by atoms with E-state index in [2.05, 4.69) is 53.2 Å². The Morgan fingerprint density at radius 2 is 0.667 bits per heavy atom. The van der Waals surface area contributed by atoms with E-state index in [0.717, 1.165) is 0 Å². The van der Waals surface area contributed by atoms with Gasteiger partial charge in [-0.1, -0.05) is 0 Å². The summed E-state index contributed by atoms with van der Waals surface area (Å²) in [5, 5.41) is 80.5. The third kappa shape index (κ3) is 25.8. The molecule has 10 atom stereocenters. The lowest BCUT2D eigenvalue weighted by Gasteiger charge is -2.27. The molecule has 2 fully saturated rings. The molecule has 2 saturated heterocycles. The van der Waals surface area contributed by atoms with Crippen LogP contribution in [-0.2, 0) is 76.7 Å². The molecule has 2 aliphatic heterocycles. The van der Waals surface area contributed by atoms with Crippen molar-refractivity contribution in [2.75, 3.05) is 13.1 Å². The molecule has 0 aromatic heterocycles. The molecule has 34 heteroatoms. The van der Waals surface area contributed by atoms with Crippen LogP contribution in [0.3, 0.4) is 0 Å². The Morgan fingerprint density at radius 3 is 0.938 bits per heavy atom. The highest BCUT2D eigenvalue weighted by molar-refractivity contribution is 6.00. The molecule has 0 bridgehead atoms. The largest absolute Gasteiger partial charge is 0.481 e. The number of nitrogens with one attached hydrogen (secondary N) is 10. The van der Waals surface area contributed by atoms with Crippen LogP contribution in [0.15, 0.2) is 0 Å². The van der Waals surface area contributed by atoms with E-state index < -0.39 is 213 Å². The number of hydrogen-bond donors (Lipinski definition) is 18. The Hall–Kier alpha value is -8.56. The molecule has 0 aliphatic carbocycles. The summed E-state index contributed by atoms with van der Waals surface area (Å²) < 4.78 is 0. The van der Waals surface area contributed by atoms with Crippen molar-refractivity contribution in [3.63, 3.8) is 0 Å². The first-order valence-corrected chi connectivity index (χ1v) is 25.9. The van der Waals surface area contributed by atoms with Crippen molar-refractivity contribution in [1.29, 1.82) is 0 Å². The van der Waals surface area contributed by atoms with Crippen molar-refractivity contribution >= 4 is 94.9 Å². The molecule has 0 aromatic rings. The van der Waals surface area contributed by atoms with Gasteiger partial charge in [0.1, 0.15) is 60.4 Å². The fourth-order valence-electron chi connectivity index (χ4n) is 8.21. The third-order valence-corrected chi connectivity index (χ3v) is 12.6. The minimum Gasteiger partial charge on any atom is -0.481 e. The van der Waals surface area contributed by atoms with Gasteiger partial charge in [-0.05, 0) is 96.6 Å². The van der Waals surface area contributed by atoms with Crippen molar-refractivity contribution in [3.05, 3.63) is 0 Å². The summed E-state index contributed by atoms with van der Waals surface area (Å²) in [6.07, 6.45) is -6.44. The molecule has 34 nitrogen and oxygen atoms in total. The molecule has 2 heterocycles. The third-order valence-electron chi connectivity index (χ3n) is 12.6. The molecule has 0 aromatic carbocycles. The second kappa shape index (κ2) is 35.1. The zero-order valence-corrected chi connectivity index (χ0v) is 44.0. The Kier molecular flexibility index (Phi) is 29.7. The summed E-state index contributed by atoms with van der Waals surface area (Å²) in [5.74, 6) is -20.1.